The van der Waals surface area contributed by atoms with Crippen LogP contribution < -0.4 is 10.6 Å². The number of carbonyl (C=O) groups excluding carboxylic acids is 2. The van der Waals surface area contributed by atoms with Crippen LogP contribution >= 0.6 is 0 Å². The first kappa shape index (κ1) is 26.7. The Balaban J connectivity index is 1.57. The number of amides is 1. The lowest BCUT2D eigenvalue weighted by molar-refractivity contribution is -0.137. The van der Waals surface area contributed by atoms with Crippen molar-refractivity contribution in [1.29, 1.82) is 5.26 Å². The van der Waals surface area contributed by atoms with E-state index < -0.39 is 28.6 Å². The van der Waals surface area contributed by atoms with Crippen molar-refractivity contribution in [2.24, 2.45) is 10.6 Å². The van der Waals surface area contributed by atoms with E-state index in [0.717, 1.165) is 11.6 Å². The zero-order valence-electron chi connectivity index (χ0n) is 19.3. The minimum absolute atomic E-state index is 0.0338. The maximum absolute atomic E-state index is 13.2. The summed E-state index contributed by atoms with van der Waals surface area (Å²) in [7, 11) is 0. The zero-order valence-corrected chi connectivity index (χ0v) is 19.3. The van der Waals surface area contributed by atoms with Gasteiger partial charge in [0.2, 0.25) is 11.6 Å². The molecule has 0 saturated carbocycles. The van der Waals surface area contributed by atoms with Crippen LogP contribution in [0.2, 0.25) is 0 Å². The van der Waals surface area contributed by atoms with Crippen LogP contribution in [-0.4, -0.2) is 35.8 Å². The summed E-state index contributed by atoms with van der Waals surface area (Å²) in [6.45, 7) is 0.811. The summed E-state index contributed by atoms with van der Waals surface area (Å²) in [5.74, 6) is -0.828. The van der Waals surface area contributed by atoms with Gasteiger partial charge in [0.1, 0.15) is 6.07 Å². The van der Waals surface area contributed by atoms with Crippen molar-refractivity contribution in [2.75, 3.05) is 18.5 Å². The zero-order chi connectivity index (χ0) is 26.2. The van der Waals surface area contributed by atoms with E-state index in [1.807, 2.05) is 0 Å². The van der Waals surface area contributed by atoms with Crippen molar-refractivity contribution < 1.29 is 32.7 Å². The van der Waals surface area contributed by atoms with Crippen LogP contribution in [0.5, 0.6) is 0 Å². The van der Waals surface area contributed by atoms with E-state index in [9.17, 15) is 22.8 Å². The number of alkyl halides is 3. The predicted molar refractivity (Wildman–Crippen MR) is 125 cm³/mol. The molecule has 3 N–H and O–H groups in total. The summed E-state index contributed by atoms with van der Waals surface area (Å²) >= 11 is 0. The maximum atomic E-state index is 13.2. The van der Waals surface area contributed by atoms with Gasteiger partial charge in [-0.3, -0.25) is 9.59 Å². The Morgan fingerprint density at radius 2 is 1.89 bits per heavy atom. The average molecular weight is 502 g/mol. The molecule has 0 spiro atoms. The second-order valence-corrected chi connectivity index (χ2v) is 8.47. The number of hydrogen-bond donors (Lipinski definition) is 3. The largest absolute Gasteiger partial charge is 0.418 e. The number of anilines is 2. The molecule has 36 heavy (non-hydrogen) atoms. The lowest BCUT2D eigenvalue weighted by Crippen LogP contribution is -2.41. The van der Waals surface area contributed by atoms with E-state index in [-0.39, 0.29) is 31.2 Å². The van der Waals surface area contributed by atoms with Crippen molar-refractivity contribution in [3.63, 3.8) is 0 Å². The van der Waals surface area contributed by atoms with Crippen molar-refractivity contribution in [3.05, 3.63) is 59.7 Å². The number of halogens is 3. The van der Waals surface area contributed by atoms with E-state index in [4.69, 9.17) is 15.2 Å². The Morgan fingerprint density at radius 1 is 1.17 bits per heavy atom. The van der Waals surface area contributed by atoms with Crippen LogP contribution in [0.3, 0.4) is 0 Å². The lowest BCUT2D eigenvalue weighted by atomic mass is 9.80. The minimum Gasteiger partial charge on any atom is -0.410 e. The quantitative estimate of drug-likeness (QED) is 0.249. The van der Waals surface area contributed by atoms with Crippen molar-refractivity contribution in [1.82, 2.24) is 5.32 Å². The number of nitrogens with one attached hydrogen (secondary N) is 2. The Labute approximate surface area is 205 Å². The highest BCUT2D eigenvalue weighted by atomic mass is 19.4. The van der Waals surface area contributed by atoms with Crippen molar-refractivity contribution >= 4 is 28.8 Å². The van der Waals surface area contributed by atoms with Gasteiger partial charge in [-0.25, -0.2) is 0 Å². The molecule has 0 aliphatic carbocycles. The normalized spacial score (nSPS) is 17.9. The maximum Gasteiger partial charge on any atom is 0.418 e. The lowest BCUT2D eigenvalue weighted by Gasteiger charge is -2.26. The highest BCUT2D eigenvalue weighted by Gasteiger charge is 2.41. The number of rotatable bonds is 10. The standard InChI is InChI=1S/C25H25F3N4O4/c26-25(27,28)19-4-1-2-5-20(19)31-18-9-7-17(8-10-18)15-30-23(34)24(12-13-36-16-24)11-3-6-22(33)21(14-29)32-35/h1-2,4-5,7-10,31,35H,3,6,11-13,15-16H2,(H,30,34)/b32-21+/t24-/m1/s1. The van der Waals surface area contributed by atoms with E-state index in [1.165, 1.54) is 24.3 Å². The van der Waals surface area contributed by atoms with Gasteiger partial charge in [-0.1, -0.05) is 29.4 Å². The molecular formula is C25H25F3N4O4. The van der Waals surface area contributed by atoms with E-state index >= 15 is 0 Å². The third-order valence-electron chi connectivity index (χ3n) is 6.03. The Hall–Kier alpha value is -3.91. The van der Waals surface area contributed by atoms with Crippen molar-refractivity contribution in [2.45, 2.75) is 38.4 Å². The van der Waals surface area contributed by atoms with E-state index in [2.05, 4.69) is 15.8 Å². The van der Waals surface area contributed by atoms with Gasteiger partial charge in [-0.05, 0) is 49.1 Å². The number of benzene rings is 2. The molecule has 0 unspecified atom stereocenters. The number of hydrogen-bond acceptors (Lipinski definition) is 7. The topological polar surface area (TPSA) is 124 Å². The summed E-state index contributed by atoms with van der Waals surface area (Å²) in [6, 6.07) is 13.4. The second-order valence-electron chi connectivity index (χ2n) is 8.47. The molecule has 1 saturated heterocycles. The van der Waals surface area contributed by atoms with E-state index in [0.29, 0.717) is 31.6 Å². The fourth-order valence-electron chi connectivity index (χ4n) is 4.01. The van der Waals surface area contributed by atoms with Crippen LogP contribution in [0.1, 0.15) is 36.8 Å². The Morgan fingerprint density at radius 3 is 2.50 bits per heavy atom. The molecule has 1 aliphatic heterocycles. The Bertz CT molecular complexity index is 1150. The highest BCUT2D eigenvalue weighted by Crippen LogP contribution is 2.36. The van der Waals surface area contributed by atoms with Gasteiger partial charge in [0.05, 0.1) is 23.3 Å². The number of ether oxygens (including phenoxy) is 1. The number of para-hydroxylation sites is 1. The van der Waals surface area contributed by atoms with Crippen LogP contribution in [0.25, 0.3) is 0 Å². The smallest absolute Gasteiger partial charge is 0.410 e. The predicted octanol–water partition coefficient (Wildman–Crippen LogP) is 4.57. The number of ketones is 1. The number of oxime groups is 1. The molecule has 0 aromatic heterocycles. The highest BCUT2D eigenvalue weighted by molar-refractivity contribution is 6.45. The van der Waals surface area contributed by atoms with Gasteiger partial charge in [0, 0.05) is 25.3 Å². The fourth-order valence-corrected chi connectivity index (χ4v) is 4.01. The van der Waals surface area contributed by atoms with Gasteiger partial charge in [-0.2, -0.15) is 18.4 Å². The second kappa shape index (κ2) is 11.7. The number of Topliss-reactive ketones (excluding diaryl/α,β-unsaturated/α-hetero) is 1. The summed E-state index contributed by atoms with van der Waals surface area (Å²) in [4.78, 5) is 24.9. The molecule has 11 heteroatoms. The van der Waals surface area contributed by atoms with Crippen molar-refractivity contribution in [3.8, 4) is 6.07 Å². The number of nitrogens with zero attached hydrogens (tertiary/aromatic N) is 2. The molecule has 1 atom stereocenters. The molecule has 1 fully saturated rings. The van der Waals surface area contributed by atoms with Crippen LogP contribution in [0, 0.1) is 16.7 Å². The van der Waals surface area contributed by atoms with Gasteiger partial charge < -0.3 is 20.6 Å². The first-order chi connectivity index (χ1) is 17.2. The minimum atomic E-state index is -4.48. The monoisotopic (exact) mass is 502 g/mol. The molecule has 1 heterocycles. The summed E-state index contributed by atoms with van der Waals surface area (Å²) < 4.78 is 45.0. The van der Waals surface area contributed by atoms with Crippen LogP contribution in [0.15, 0.2) is 53.7 Å². The molecular weight excluding hydrogens is 477 g/mol. The fraction of sp³-hybridized carbons (Fsp3) is 0.360. The van der Waals surface area contributed by atoms with Crippen LogP contribution in [-0.2, 0) is 27.0 Å². The van der Waals surface area contributed by atoms with Crippen LogP contribution in [0.4, 0.5) is 24.5 Å². The van der Waals surface area contributed by atoms with E-state index in [1.54, 1.807) is 24.3 Å². The molecule has 1 amide bonds. The number of carbonyl (C=O) groups is 2. The summed E-state index contributed by atoms with van der Waals surface area (Å²) in [5.41, 5.74) is -0.988. The number of nitriles is 1. The summed E-state index contributed by atoms with van der Waals surface area (Å²) in [6.07, 6.45) is -3.36. The SMILES string of the molecule is N#C/C(=N\O)C(=O)CCC[C@@]1(C(=O)NCc2ccc(Nc3ccccc3C(F)(F)F)cc2)CCOC1. The molecule has 190 valence electrons. The molecule has 0 radical (unpaired) electrons. The van der Waals surface area contributed by atoms with Gasteiger partial charge >= 0.3 is 6.18 Å². The third kappa shape index (κ3) is 6.60. The van der Waals surface area contributed by atoms with Gasteiger partial charge in [0.25, 0.3) is 0 Å². The Kier molecular flexibility index (Phi) is 8.66. The molecule has 2 aromatic carbocycles. The molecule has 2 aromatic rings. The molecule has 0 bridgehead atoms. The molecule has 1 aliphatic rings. The van der Waals surface area contributed by atoms with Gasteiger partial charge in [0.15, 0.2) is 5.78 Å². The van der Waals surface area contributed by atoms with Gasteiger partial charge in [-0.15, -0.1) is 0 Å². The average Bonchev–Trinajstić information content (AvgIpc) is 3.34. The first-order valence-corrected chi connectivity index (χ1v) is 11.2. The summed E-state index contributed by atoms with van der Waals surface area (Å²) in [5, 5.41) is 25.7. The third-order valence-corrected chi connectivity index (χ3v) is 6.03. The molecule has 8 nitrogen and oxygen atoms in total. The first-order valence-electron chi connectivity index (χ1n) is 11.2. The molecule has 3 rings (SSSR count).